The molecule has 1 aromatic heterocycles. The molecule has 0 amide bonds. The number of phenols is 1. The number of aryl methyl sites for hydroxylation is 1. The average Bonchev–Trinajstić information content (AvgIpc) is 3.10. The van der Waals surface area contributed by atoms with E-state index in [9.17, 15) is 9.50 Å². The van der Waals surface area contributed by atoms with E-state index in [2.05, 4.69) is 15.3 Å². The summed E-state index contributed by atoms with van der Waals surface area (Å²) in [6.45, 7) is 2.50. The van der Waals surface area contributed by atoms with Gasteiger partial charge >= 0.3 is 0 Å². The van der Waals surface area contributed by atoms with E-state index in [1.54, 1.807) is 30.7 Å². The monoisotopic (exact) mass is 327 g/mol. The lowest BCUT2D eigenvalue weighted by Gasteiger charge is -2.11. The number of hydrogen-bond donors (Lipinski definition) is 3. The topological polar surface area (TPSA) is 70.2 Å². The van der Waals surface area contributed by atoms with Gasteiger partial charge in [-0.2, -0.15) is 0 Å². The number of halogens is 1. The normalized spacial score (nSPS) is 10.6. The third kappa shape index (κ3) is 3.65. The summed E-state index contributed by atoms with van der Waals surface area (Å²) >= 11 is 0. The molecule has 3 aromatic rings. The molecule has 0 unspecified atom stereocenters. The molecule has 3 rings (SSSR count). The molecule has 24 heavy (non-hydrogen) atoms. The maximum absolute atomic E-state index is 14.2. The van der Waals surface area contributed by atoms with Gasteiger partial charge in [-0.25, -0.2) is 9.37 Å². The van der Waals surface area contributed by atoms with E-state index in [1.165, 1.54) is 12.1 Å². The third-order valence-corrected chi connectivity index (χ3v) is 3.62. The van der Waals surface area contributed by atoms with Gasteiger partial charge in [0.05, 0.1) is 18.6 Å². The van der Waals surface area contributed by atoms with Crippen LogP contribution in [0, 0.1) is 5.82 Å². The zero-order valence-corrected chi connectivity index (χ0v) is 13.2. The first-order chi connectivity index (χ1) is 11.7. The highest BCUT2D eigenvalue weighted by Crippen LogP contribution is 2.33. The van der Waals surface area contributed by atoms with Crippen LogP contribution in [0.3, 0.4) is 0 Å². The number of benzene rings is 2. The number of imidazole rings is 1. The zero-order valence-electron chi connectivity index (χ0n) is 13.2. The molecule has 1 heterocycles. The summed E-state index contributed by atoms with van der Waals surface area (Å²) < 4.78 is 19.7. The number of ether oxygens (including phenoxy) is 1. The van der Waals surface area contributed by atoms with Crippen LogP contribution >= 0.6 is 0 Å². The molecular formula is C18H18FN3O2. The van der Waals surface area contributed by atoms with E-state index >= 15 is 0 Å². The molecule has 0 radical (unpaired) electrons. The molecule has 2 aromatic carbocycles. The van der Waals surface area contributed by atoms with Crippen molar-refractivity contribution in [1.82, 2.24) is 9.97 Å². The number of phenolic OH excluding ortho intramolecular Hbond substituents is 1. The molecule has 6 heteroatoms. The van der Waals surface area contributed by atoms with Crippen molar-refractivity contribution in [3.05, 3.63) is 66.0 Å². The number of aromatic hydroxyl groups is 1. The summed E-state index contributed by atoms with van der Waals surface area (Å²) in [4.78, 5) is 6.88. The Labute approximate surface area is 139 Å². The SMILES string of the molecule is CCc1ccc(Oc2ccc(NCc3cnc[nH]3)cc2F)c(O)c1. The van der Waals surface area contributed by atoms with E-state index in [1.807, 2.05) is 13.0 Å². The van der Waals surface area contributed by atoms with Gasteiger partial charge in [0.25, 0.3) is 0 Å². The molecule has 0 saturated carbocycles. The minimum Gasteiger partial charge on any atom is -0.504 e. The predicted molar refractivity (Wildman–Crippen MR) is 89.9 cm³/mol. The number of H-pyrrole nitrogens is 1. The Bertz CT molecular complexity index is 819. The van der Waals surface area contributed by atoms with Gasteiger partial charge in [0.15, 0.2) is 23.1 Å². The van der Waals surface area contributed by atoms with Crippen molar-refractivity contribution < 1.29 is 14.2 Å². The summed E-state index contributed by atoms with van der Waals surface area (Å²) in [6, 6.07) is 9.69. The second kappa shape index (κ2) is 7.04. The van der Waals surface area contributed by atoms with Gasteiger partial charge in [-0.1, -0.05) is 13.0 Å². The second-order valence-electron chi connectivity index (χ2n) is 5.33. The minimum absolute atomic E-state index is 0.00445. The van der Waals surface area contributed by atoms with Crippen LogP contribution in [0.5, 0.6) is 17.2 Å². The first-order valence-electron chi connectivity index (χ1n) is 7.66. The van der Waals surface area contributed by atoms with E-state index < -0.39 is 5.82 Å². The van der Waals surface area contributed by atoms with Crippen LogP contribution in [0.1, 0.15) is 18.2 Å². The molecule has 0 spiro atoms. The highest BCUT2D eigenvalue weighted by molar-refractivity contribution is 5.50. The van der Waals surface area contributed by atoms with Gasteiger partial charge in [0, 0.05) is 18.0 Å². The van der Waals surface area contributed by atoms with Crippen molar-refractivity contribution >= 4 is 5.69 Å². The maximum atomic E-state index is 14.2. The fraction of sp³-hybridized carbons (Fsp3) is 0.167. The Hall–Kier alpha value is -3.02. The largest absolute Gasteiger partial charge is 0.504 e. The molecule has 0 fully saturated rings. The van der Waals surface area contributed by atoms with Crippen LogP contribution in [-0.4, -0.2) is 15.1 Å². The van der Waals surface area contributed by atoms with Crippen molar-refractivity contribution in [2.24, 2.45) is 0 Å². The summed E-state index contributed by atoms with van der Waals surface area (Å²) in [6.07, 6.45) is 4.09. The van der Waals surface area contributed by atoms with Crippen LogP contribution in [0.4, 0.5) is 10.1 Å². The number of nitrogens with one attached hydrogen (secondary N) is 2. The summed E-state index contributed by atoms with van der Waals surface area (Å²) in [5, 5.41) is 13.0. The standard InChI is InChI=1S/C18H18FN3O2/c1-2-12-3-5-18(16(23)7-12)24-17-6-4-13(8-15(17)19)21-10-14-9-20-11-22-14/h3-9,11,21,23H,2,10H2,1H3,(H,20,22). The minimum atomic E-state index is -0.511. The molecular weight excluding hydrogens is 309 g/mol. The first-order valence-corrected chi connectivity index (χ1v) is 7.66. The van der Waals surface area contributed by atoms with E-state index in [0.717, 1.165) is 17.7 Å². The van der Waals surface area contributed by atoms with Crippen molar-refractivity contribution in [2.45, 2.75) is 19.9 Å². The fourth-order valence-corrected chi connectivity index (χ4v) is 2.26. The number of hydrogen-bond acceptors (Lipinski definition) is 4. The van der Waals surface area contributed by atoms with Crippen molar-refractivity contribution in [1.29, 1.82) is 0 Å². The quantitative estimate of drug-likeness (QED) is 0.634. The number of rotatable bonds is 6. The summed E-state index contributed by atoms with van der Waals surface area (Å²) in [7, 11) is 0. The van der Waals surface area contributed by atoms with Crippen molar-refractivity contribution in [3.8, 4) is 17.2 Å². The maximum Gasteiger partial charge on any atom is 0.169 e. The van der Waals surface area contributed by atoms with Crippen molar-refractivity contribution in [3.63, 3.8) is 0 Å². The Balaban J connectivity index is 1.70. The Morgan fingerprint density at radius 1 is 1.21 bits per heavy atom. The van der Waals surface area contributed by atoms with Gasteiger partial charge in [0.2, 0.25) is 0 Å². The number of aromatic amines is 1. The van der Waals surface area contributed by atoms with Crippen LogP contribution in [0.15, 0.2) is 48.9 Å². The molecule has 0 saturated heterocycles. The number of anilines is 1. The molecule has 0 atom stereocenters. The Morgan fingerprint density at radius 2 is 2.04 bits per heavy atom. The summed E-state index contributed by atoms with van der Waals surface area (Å²) in [5.41, 5.74) is 2.51. The molecule has 0 aliphatic heterocycles. The Kier molecular flexibility index (Phi) is 4.65. The molecule has 5 nitrogen and oxygen atoms in total. The molecule has 0 aliphatic rings. The van der Waals surface area contributed by atoms with E-state index in [4.69, 9.17) is 4.74 Å². The Morgan fingerprint density at radius 3 is 2.71 bits per heavy atom. The van der Waals surface area contributed by atoms with Gasteiger partial charge in [-0.05, 0) is 36.2 Å². The molecule has 124 valence electrons. The van der Waals surface area contributed by atoms with E-state index in [-0.39, 0.29) is 17.2 Å². The van der Waals surface area contributed by atoms with Gasteiger partial charge in [-0.3, -0.25) is 0 Å². The highest BCUT2D eigenvalue weighted by atomic mass is 19.1. The van der Waals surface area contributed by atoms with E-state index in [0.29, 0.717) is 12.2 Å². The third-order valence-electron chi connectivity index (χ3n) is 3.62. The first kappa shape index (κ1) is 15.9. The van der Waals surface area contributed by atoms with Crippen LogP contribution in [-0.2, 0) is 13.0 Å². The van der Waals surface area contributed by atoms with Gasteiger partial charge in [-0.15, -0.1) is 0 Å². The predicted octanol–water partition coefficient (Wildman–Crippen LogP) is 4.22. The fourth-order valence-electron chi connectivity index (χ4n) is 2.26. The zero-order chi connectivity index (χ0) is 16.9. The smallest absolute Gasteiger partial charge is 0.169 e. The second-order valence-corrected chi connectivity index (χ2v) is 5.33. The lowest BCUT2D eigenvalue weighted by molar-refractivity contribution is 0.395. The number of nitrogens with zero attached hydrogens (tertiary/aromatic N) is 1. The molecule has 0 bridgehead atoms. The lowest BCUT2D eigenvalue weighted by atomic mass is 10.1. The average molecular weight is 327 g/mol. The molecule has 0 aliphatic carbocycles. The van der Waals surface area contributed by atoms with Gasteiger partial charge in [0.1, 0.15) is 0 Å². The van der Waals surface area contributed by atoms with Crippen LogP contribution in [0.25, 0.3) is 0 Å². The highest BCUT2D eigenvalue weighted by Gasteiger charge is 2.10. The van der Waals surface area contributed by atoms with Crippen molar-refractivity contribution in [2.75, 3.05) is 5.32 Å². The lowest BCUT2D eigenvalue weighted by Crippen LogP contribution is -2.00. The van der Waals surface area contributed by atoms with Gasteiger partial charge < -0.3 is 20.1 Å². The van der Waals surface area contributed by atoms with Crippen LogP contribution < -0.4 is 10.1 Å². The van der Waals surface area contributed by atoms with Crippen LogP contribution in [0.2, 0.25) is 0 Å². The summed E-state index contributed by atoms with van der Waals surface area (Å²) in [5.74, 6) is -0.232. The molecule has 3 N–H and O–H groups in total. The number of aromatic nitrogens is 2.